The Labute approximate surface area is 122 Å². The highest BCUT2D eigenvalue weighted by Gasteiger charge is 2.28. The highest BCUT2D eigenvalue weighted by atomic mass is 16.5. The van der Waals surface area contributed by atoms with Crippen molar-refractivity contribution in [3.63, 3.8) is 0 Å². The molecule has 0 aliphatic carbocycles. The summed E-state index contributed by atoms with van der Waals surface area (Å²) in [5.41, 5.74) is 1.09. The van der Waals surface area contributed by atoms with Gasteiger partial charge in [-0.2, -0.15) is 0 Å². The summed E-state index contributed by atoms with van der Waals surface area (Å²) in [5.74, 6) is 0.889. The Kier molecular flexibility index (Phi) is 5.40. The monoisotopic (exact) mass is 278 g/mol. The van der Waals surface area contributed by atoms with Gasteiger partial charge in [0.2, 0.25) is 0 Å². The molecule has 0 radical (unpaired) electrons. The van der Waals surface area contributed by atoms with Gasteiger partial charge in [0.15, 0.2) is 0 Å². The molecule has 1 N–H and O–H groups in total. The number of piperazine rings is 1. The van der Waals surface area contributed by atoms with Crippen molar-refractivity contribution in [3.05, 3.63) is 29.8 Å². The van der Waals surface area contributed by atoms with E-state index < -0.39 is 0 Å². The first-order valence-corrected chi connectivity index (χ1v) is 7.44. The van der Waals surface area contributed by atoms with E-state index in [-0.39, 0.29) is 12.6 Å². The van der Waals surface area contributed by atoms with E-state index in [1.54, 1.807) is 0 Å². The third-order valence-corrected chi connectivity index (χ3v) is 4.18. The van der Waals surface area contributed by atoms with Gasteiger partial charge in [0.25, 0.3) is 0 Å². The molecule has 1 heterocycles. The molecule has 1 saturated heterocycles. The number of hydrogen-bond donors (Lipinski definition) is 1. The molecule has 0 bridgehead atoms. The first-order chi connectivity index (χ1) is 9.67. The zero-order valence-electron chi connectivity index (χ0n) is 12.7. The average Bonchev–Trinajstić information content (AvgIpc) is 2.45. The fraction of sp³-hybridized carbons (Fsp3) is 0.625. The molecule has 4 heteroatoms. The van der Waals surface area contributed by atoms with E-state index >= 15 is 0 Å². The number of hydrogen-bond acceptors (Lipinski definition) is 4. The summed E-state index contributed by atoms with van der Waals surface area (Å²) in [5, 5.41) is 9.87. The minimum atomic E-state index is 0.0221. The van der Waals surface area contributed by atoms with Gasteiger partial charge < -0.3 is 14.7 Å². The van der Waals surface area contributed by atoms with Crippen LogP contribution in [0.1, 0.15) is 25.5 Å². The van der Waals surface area contributed by atoms with Gasteiger partial charge in [-0.3, -0.25) is 4.90 Å². The molecule has 1 aliphatic rings. The van der Waals surface area contributed by atoms with Crippen LogP contribution in [0.2, 0.25) is 0 Å². The van der Waals surface area contributed by atoms with E-state index in [1.807, 2.05) is 25.1 Å². The van der Waals surface area contributed by atoms with Crippen LogP contribution in [-0.4, -0.2) is 60.8 Å². The number of aliphatic hydroxyl groups is 1. The lowest BCUT2D eigenvalue weighted by Gasteiger charge is -2.41. The quantitative estimate of drug-likeness (QED) is 0.890. The second-order valence-electron chi connectivity index (χ2n) is 5.49. The van der Waals surface area contributed by atoms with Crippen LogP contribution in [0.5, 0.6) is 5.75 Å². The summed E-state index contributed by atoms with van der Waals surface area (Å²) in [6, 6.07) is 8.58. The molecule has 1 aromatic rings. The fourth-order valence-electron chi connectivity index (χ4n) is 2.81. The van der Waals surface area contributed by atoms with Crippen LogP contribution < -0.4 is 4.74 Å². The van der Waals surface area contributed by atoms with Gasteiger partial charge >= 0.3 is 0 Å². The van der Waals surface area contributed by atoms with E-state index in [2.05, 4.69) is 29.8 Å². The number of ether oxygens (including phenoxy) is 1. The molecule has 20 heavy (non-hydrogen) atoms. The molecule has 1 aromatic carbocycles. The first-order valence-electron chi connectivity index (χ1n) is 7.44. The molecular formula is C16H26N2O2. The minimum absolute atomic E-state index is 0.0221. The molecule has 2 rings (SSSR count). The van der Waals surface area contributed by atoms with Gasteiger partial charge in [0.05, 0.1) is 19.3 Å². The van der Waals surface area contributed by atoms with Crippen LogP contribution in [0.3, 0.4) is 0 Å². The standard InChI is InChI=1S/C16H26N2O2/c1-4-20-16-8-6-5-7-14(16)15(12-19)18-10-9-17(3)13(2)11-18/h5-8,13,15,19H,4,9-12H2,1-3H3. The average molecular weight is 278 g/mol. The van der Waals surface area contributed by atoms with Crippen molar-refractivity contribution in [2.24, 2.45) is 0 Å². The number of para-hydroxylation sites is 1. The molecule has 2 unspecified atom stereocenters. The lowest BCUT2D eigenvalue weighted by molar-refractivity contribution is 0.0452. The van der Waals surface area contributed by atoms with Gasteiger partial charge in [-0.1, -0.05) is 18.2 Å². The smallest absolute Gasteiger partial charge is 0.124 e. The normalized spacial score (nSPS) is 22.7. The van der Waals surface area contributed by atoms with E-state index in [9.17, 15) is 5.11 Å². The summed E-state index contributed by atoms with van der Waals surface area (Å²) in [4.78, 5) is 4.72. The number of benzene rings is 1. The SMILES string of the molecule is CCOc1ccccc1C(CO)N1CCN(C)C(C)C1. The minimum Gasteiger partial charge on any atom is -0.494 e. The first kappa shape index (κ1) is 15.3. The zero-order chi connectivity index (χ0) is 14.5. The van der Waals surface area contributed by atoms with Crippen molar-refractivity contribution < 1.29 is 9.84 Å². The van der Waals surface area contributed by atoms with Crippen molar-refractivity contribution in [3.8, 4) is 5.75 Å². The summed E-state index contributed by atoms with van der Waals surface area (Å²) in [6.45, 7) is 7.98. The Morgan fingerprint density at radius 2 is 2.10 bits per heavy atom. The molecule has 0 amide bonds. The summed E-state index contributed by atoms with van der Waals surface area (Å²) in [6.07, 6.45) is 0. The van der Waals surface area contributed by atoms with E-state index in [0.29, 0.717) is 12.6 Å². The lowest BCUT2D eigenvalue weighted by atomic mass is 10.0. The summed E-state index contributed by atoms with van der Waals surface area (Å²) >= 11 is 0. The molecular weight excluding hydrogens is 252 g/mol. The summed E-state index contributed by atoms with van der Waals surface area (Å²) in [7, 11) is 2.16. The maximum Gasteiger partial charge on any atom is 0.124 e. The Hall–Kier alpha value is -1.10. The van der Waals surface area contributed by atoms with Crippen LogP contribution in [0, 0.1) is 0 Å². The molecule has 0 aromatic heterocycles. The highest BCUT2D eigenvalue weighted by Crippen LogP contribution is 2.30. The van der Waals surface area contributed by atoms with Gasteiger partial charge in [-0.15, -0.1) is 0 Å². The van der Waals surface area contributed by atoms with Crippen molar-refractivity contribution in [2.45, 2.75) is 25.9 Å². The lowest BCUT2D eigenvalue weighted by Crippen LogP contribution is -2.51. The second-order valence-corrected chi connectivity index (χ2v) is 5.49. The second kappa shape index (κ2) is 7.07. The Balaban J connectivity index is 2.19. The van der Waals surface area contributed by atoms with Crippen molar-refractivity contribution in [1.82, 2.24) is 9.80 Å². The Bertz CT molecular complexity index is 425. The zero-order valence-corrected chi connectivity index (χ0v) is 12.7. The predicted molar refractivity (Wildman–Crippen MR) is 81.1 cm³/mol. The number of nitrogens with zero attached hydrogens (tertiary/aromatic N) is 2. The van der Waals surface area contributed by atoms with E-state index in [1.165, 1.54) is 0 Å². The van der Waals surface area contributed by atoms with Crippen LogP contribution in [0.4, 0.5) is 0 Å². The Morgan fingerprint density at radius 1 is 1.35 bits per heavy atom. The Morgan fingerprint density at radius 3 is 2.75 bits per heavy atom. The van der Waals surface area contributed by atoms with Gasteiger partial charge in [-0.25, -0.2) is 0 Å². The highest BCUT2D eigenvalue weighted by molar-refractivity contribution is 5.36. The van der Waals surface area contributed by atoms with Crippen molar-refractivity contribution in [2.75, 3.05) is 39.9 Å². The van der Waals surface area contributed by atoms with E-state index in [4.69, 9.17) is 4.74 Å². The van der Waals surface area contributed by atoms with Gasteiger partial charge in [0.1, 0.15) is 5.75 Å². The van der Waals surface area contributed by atoms with Crippen LogP contribution in [-0.2, 0) is 0 Å². The van der Waals surface area contributed by atoms with Crippen molar-refractivity contribution in [1.29, 1.82) is 0 Å². The maximum atomic E-state index is 9.87. The topological polar surface area (TPSA) is 35.9 Å². The molecule has 112 valence electrons. The predicted octanol–water partition coefficient (Wildman–Crippen LogP) is 1.75. The largest absolute Gasteiger partial charge is 0.494 e. The van der Waals surface area contributed by atoms with Crippen LogP contribution in [0.25, 0.3) is 0 Å². The van der Waals surface area contributed by atoms with Gasteiger partial charge in [-0.05, 0) is 27.0 Å². The molecule has 0 spiro atoms. The van der Waals surface area contributed by atoms with Gasteiger partial charge in [0, 0.05) is 31.2 Å². The molecule has 1 fully saturated rings. The van der Waals surface area contributed by atoms with Crippen LogP contribution in [0.15, 0.2) is 24.3 Å². The summed E-state index contributed by atoms with van der Waals surface area (Å²) < 4.78 is 5.71. The maximum absolute atomic E-state index is 9.87. The third kappa shape index (κ3) is 3.32. The molecule has 0 saturated carbocycles. The molecule has 1 aliphatic heterocycles. The molecule has 4 nitrogen and oxygen atoms in total. The molecule has 2 atom stereocenters. The van der Waals surface area contributed by atoms with Crippen LogP contribution >= 0.6 is 0 Å². The van der Waals surface area contributed by atoms with E-state index in [0.717, 1.165) is 30.9 Å². The number of aliphatic hydroxyl groups excluding tert-OH is 1. The number of likely N-dealkylation sites (N-methyl/N-ethyl adjacent to an activating group) is 1. The number of rotatable bonds is 5. The fourth-order valence-corrected chi connectivity index (χ4v) is 2.81. The third-order valence-electron chi connectivity index (χ3n) is 4.18. The van der Waals surface area contributed by atoms with Crippen molar-refractivity contribution >= 4 is 0 Å².